The highest BCUT2D eigenvalue weighted by Gasteiger charge is 2.10. The van der Waals surface area contributed by atoms with E-state index in [0.29, 0.717) is 28.9 Å². The highest BCUT2D eigenvalue weighted by molar-refractivity contribution is 6.37. The molecular weight excluding hydrogens is 365 g/mol. The van der Waals surface area contributed by atoms with Crippen LogP contribution in [-0.4, -0.2) is 0 Å². The van der Waals surface area contributed by atoms with Crippen LogP contribution in [-0.2, 0) is 13.2 Å². The van der Waals surface area contributed by atoms with E-state index in [1.807, 2.05) is 42.5 Å². The Balaban J connectivity index is 1.67. The molecular formula is C22H21Cl2NO. The third-order valence-corrected chi connectivity index (χ3v) is 4.85. The molecule has 0 aromatic heterocycles. The van der Waals surface area contributed by atoms with Gasteiger partial charge in [0.05, 0.1) is 10.0 Å². The van der Waals surface area contributed by atoms with Gasteiger partial charge < -0.3 is 10.1 Å². The molecule has 0 spiro atoms. The molecule has 0 bridgehead atoms. The molecule has 3 aromatic rings. The van der Waals surface area contributed by atoms with Gasteiger partial charge in [0.25, 0.3) is 0 Å². The largest absolute Gasteiger partial charge is 0.486 e. The molecule has 26 heavy (non-hydrogen) atoms. The maximum absolute atomic E-state index is 6.39. The number of rotatable bonds is 6. The van der Waals surface area contributed by atoms with Gasteiger partial charge in [-0.2, -0.15) is 0 Å². The summed E-state index contributed by atoms with van der Waals surface area (Å²) in [4.78, 5) is 0. The van der Waals surface area contributed by atoms with Crippen molar-refractivity contribution in [2.24, 2.45) is 0 Å². The number of nitrogens with one attached hydrogen (secondary N) is 1. The van der Waals surface area contributed by atoms with Crippen LogP contribution in [0.4, 0.5) is 5.69 Å². The van der Waals surface area contributed by atoms with Crippen LogP contribution in [0.3, 0.4) is 0 Å². The Bertz CT molecular complexity index is 871. The van der Waals surface area contributed by atoms with Crippen molar-refractivity contribution in [1.82, 2.24) is 0 Å². The molecule has 0 aliphatic carbocycles. The monoisotopic (exact) mass is 385 g/mol. The molecule has 134 valence electrons. The number of benzene rings is 3. The molecule has 0 heterocycles. The molecule has 0 saturated heterocycles. The van der Waals surface area contributed by atoms with Crippen LogP contribution in [0.2, 0.25) is 10.0 Å². The second kappa shape index (κ2) is 8.48. The van der Waals surface area contributed by atoms with E-state index < -0.39 is 0 Å². The molecule has 0 fully saturated rings. The summed E-state index contributed by atoms with van der Waals surface area (Å²) in [6.07, 6.45) is 0. The fraction of sp³-hybridized carbons (Fsp3) is 0.182. The normalized spacial score (nSPS) is 10.6. The number of anilines is 1. The van der Waals surface area contributed by atoms with Crippen molar-refractivity contribution < 1.29 is 4.74 Å². The Morgan fingerprint density at radius 1 is 0.808 bits per heavy atom. The lowest BCUT2D eigenvalue weighted by molar-refractivity contribution is 0.306. The summed E-state index contributed by atoms with van der Waals surface area (Å²) >= 11 is 12.8. The van der Waals surface area contributed by atoms with Crippen molar-refractivity contribution in [3.63, 3.8) is 0 Å². The Morgan fingerprint density at radius 2 is 1.50 bits per heavy atom. The summed E-state index contributed by atoms with van der Waals surface area (Å²) in [5.41, 5.74) is 5.69. The Kier molecular flexibility index (Phi) is 6.08. The van der Waals surface area contributed by atoms with E-state index in [2.05, 4.69) is 37.4 Å². The first-order chi connectivity index (χ1) is 12.5. The maximum Gasteiger partial charge on any atom is 0.156 e. The van der Waals surface area contributed by atoms with Crippen LogP contribution in [0.25, 0.3) is 0 Å². The fourth-order valence-electron chi connectivity index (χ4n) is 2.64. The van der Waals surface area contributed by atoms with E-state index >= 15 is 0 Å². The first-order valence-corrected chi connectivity index (χ1v) is 9.24. The predicted octanol–water partition coefficient (Wildman–Crippen LogP) is 6.80. The highest BCUT2D eigenvalue weighted by atomic mass is 35.5. The van der Waals surface area contributed by atoms with Crippen LogP contribution >= 0.6 is 23.2 Å². The lowest BCUT2D eigenvalue weighted by Gasteiger charge is -2.13. The summed E-state index contributed by atoms with van der Waals surface area (Å²) in [5, 5.41) is 4.44. The second-order valence-corrected chi connectivity index (χ2v) is 7.13. The molecule has 3 aromatic carbocycles. The maximum atomic E-state index is 6.39. The summed E-state index contributed by atoms with van der Waals surface area (Å²) in [7, 11) is 0. The number of hydrogen-bond donors (Lipinski definition) is 1. The molecule has 0 amide bonds. The first kappa shape index (κ1) is 18.6. The van der Waals surface area contributed by atoms with Gasteiger partial charge in [0.15, 0.2) is 5.75 Å². The van der Waals surface area contributed by atoms with Gasteiger partial charge in [0, 0.05) is 12.2 Å². The zero-order chi connectivity index (χ0) is 18.5. The summed E-state index contributed by atoms with van der Waals surface area (Å²) in [5.74, 6) is 0.520. The van der Waals surface area contributed by atoms with Crippen molar-refractivity contribution in [2.75, 3.05) is 5.32 Å². The molecule has 0 aliphatic heterocycles. The van der Waals surface area contributed by atoms with Crippen molar-refractivity contribution in [3.05, 3.63) is 93.0 Å². The van der Waals surface area contributed by atoms with Crippen LogP contribution in [0.1, 0.15) is 22.3 Å². The average molecular weight is 386 g/mol. The lowest BCUT2D eigenvalue weighted by Crippen LogP contribution is -2.02. The van der Waals surface area contributed by atoms with E-state index in [4.69, 9.17) is 27.9 Å². The van der Waals surface area contributed by atoms with Crippen molar-refractivity contribution in [3.8, 4) is 5.75 Å². The molecule has 4 heteroatoms. The van der Waals surface area contributed by atoms with Gasteiger partial charge in [0.1, 0.15) is 6.61 Å². The fourth-order valence-corrected chi connectivity index (χ4v) is 3.28. The molecule has 0 saturated carbocycles. The standard InChI is InChI=1S/C22H21Cl2NO/c1-15-8-9-19(10-16(15)2)25-13-18-11-20(23)22(21(24)12-18)26-14-17-6-4-3-5-7-17/h3-12,25H,13-14H2,1-2H3. The molecule has 1 N–H and O–H groups in total. The molecule has 2 nitrogen and oxygen atoms in total. The Hall–Kier alpha value is -2.16. The van der Waals surface area contributed by atoms with Crippen molar-refractivity contribution >= 4 is 28.9 Å². The van der Waals surface area contributed by atoms with Gasteiger partial charge >= 0.3 is 0 Å². The minimum atomic E-state index is 0.431. The predicted molar refractivity (Wildman–Crippen MR) is 110 cm³/mol. The van der Waals surface area contributed by atoms with Crippen LogP contribution < -0.4 is 10.1 Å². The number of halogens is 2. The van der Waals surface area contributed by atoms with Crippen molar-refractivity contribution in [1.29, 1.82) is 0 Å². The lowest BCUT2D eigenvalue weighted by atomic mass is 10.1. The minimum Gasteiger partial charge on any atom is -0.486 e. The first-order valence-electron chi connectivity index (χ1n) is 8.48. The molecule has 3 rings (SSSR count). The molecule has 0 atom stereocenters. The smallest absolute Gasteiger partial charge is 0.156 e. The SMILES string of the molecule is Cc1ccc(NCc2cc(Cl)c(OCc3ccccc3)c(Cl)c2)cc1C. The average Bonchev–Trinajstić information content (AvgIpc) is 2.63. The number of ether oxygens (including phenoxy) is 1. The molecule has 0 aliphatic rings. The Morgan fingerprint density at radius 3 is 2.15 bits per heavy atom. The molecule has 0 unspecified atom stereocenters. The van der Waals surface area contributed by atoms with Crippen LogP contribution in [0.15, 0.2) is 60.7 Å². The zero-order valence-electron chi connectivity index (χ0n) is 14.9. The highest BCUT2D eigenvalue weighted by Crippen LogP contribution is 2.35. The summed E-state index contributed by atoms with van der Waals surface area (Å²) in [6, 6.07) is 20.0. The zero-order valence-corrected chi connectivity index (χ0v) is 16.4. The molecule has 0 radical (unpaired) electrons. The van der Waals surface area contributed by atoms with E-state index in [1.54, 1.807) is 0 Å². The minimum absolute atomic E-state index is 0.431. The van der Waals surface area contributed by atoms with E-state index in [-0.39, 0.29) is 0 Å². The summed E-state index contributed by atoms with van der Waals surface area (Å²) < 4.78 is 5.82. The number of aryl methyl sites for hydroxylation is 2. The van der Waals surface area contributed by atoms with E-state index in [9.17, 15) is 0 Å². The van der Waals surface area contributed by atoms with Crippen molar-refractivity contribution in [2.45, 2.75) is 27.0 Å². The van der Waals surface area contributed by atoms with Gasteiger partial charge in [-0.25, -0.2) is 0 Å². The topological polar surface area (TPSA) is 21.3 Å². The van der Waals surface area contributed by atoms with Crippen LogP contribution in [0, 0.1) is 13.8 Å². The van der Waals surface area contributed by atoms with Crippen LogP contribution in [0.5, 0.6) is 5.75 Å². The second-order valence-electron chi connectivity index (χ2n) is 6.32. The van der Waals surface area contributed by atoms with Gasteiger partial charge in [-0.3, -0.25) is 0 Å². The summed E-state index contributed by atoms with van der Waals surface area (Å²) in [6.45, 7) is 5.28. The van der Waals surface area contributed by atoms with Gasteiger partial charge in [-0.15, -0.1) is 0 Å². The van der Waals surface area contributed by atoms with Gasteiger partial charge in [-0.1, -0.05) is 59.6 Å². The van der Waals surface area contributed by atoms with Gasteiger partial charge in [0.2, 0.25) is 0 Å². The Labute approximate surface area is 164 Å². The third kappa shape index (κ3) is 4.72. The van der Waals surface area contributed by atoms with E-state index in [0.717, 1.165) is 16.8 Å². The van der Waals surface area contributed by atoms with E-state index in [1.165, 1.54) is 11.1 Å². The quantitative estimate of drug-likeness (QED) is 0.503. The number of hydrogen-bond acceptors (Lipinski definition) is 2. The van der Waals surface area contributed by atoms with Gasteiger partial charge in [-0.05, 0) is 60.4 Å². The third-order valence-electron chi connectivity index (χ3n) is 4.29.